The average Bonchev–Trinajstić information content (AvgIpc) is 3.20. The maximum absolute atomic E-state index is 9.53. The van der Waals surface area contributed by atoms with Crippen LogP contribution in [0.15, 0.2) is 59.8 Å². The van der Waals surface area contributed by atoms with Gasteiger partial charge in [-0.2, -0.15) is 0 Å². The quantitative estimate of drug-likeness (QED) is 0.557. The summed E-state index contributed by atoms with van der Waals surface area (Å²) in [5, 5.41) is 11.1. The Hall–Kier alpha value is -0.440. The Kier molecular flexibility index (Phi) is 7.55. The summed E-state index contributed by atoms with van der Waals surface area (Å²) in [6.07, 6.45) is 5.69. The number of aliphatic hydroxyl groups excluding tert-OH is 1. The summed E-state index contributed by atoms with van der Waals surface area (Å²) in [5.74, 6) is 0. The van der Waals surface area contributed by atoms with Crippen LogP contribution in [0.2, 0.25) is 19.1 Å². The Morgan fingerprint density at radius 1 is 1.00 bits per heavy atom. The van der Waals surface area contributed by atoms with Gasteiger partial charge in [0.25, 0.3) is 0 Å². The number of hydrogen-bond donors (Lipinski definition) is 1. The number of fused-ring (bicyclic) bond motifs is 3. The standard InChI is InChI=1S/C22H23OSi.2ClH.Zr/c1-24(2,14-13-23)22-12-6-11-20(22)19-10-5-9-18-17-8-4-3-7-16(17)15-21(18)19;;;/h3-10,12,15,23H,11,13-14H2,1-2H3;2*1H;/q;;;+2/p-2. The van der Waals surface area contributed by atoms with Crippen molar-refractivity contribution in [3.8, 4) is 11.1 Å². The van der Waals surface area contributed by atoms with Crippen molar-refractivity contribution in [1.82, 2.24) is 0 Å². The van der Waals surface area contributed by atoms with Gasteiger partial charge in [0.2, 0.25) is 0 Å². The van der Waals surface area contributed by atoms with Gasteiger partial charge in [-0.1, -0.05) is 0 Å². The molecule has 0 heterocycles. The van der Waals surface area contributed by atoms with Gasteiger partial charge in [-0.3, -0.25) is 0 Å². The summed E-state index contributed by atoms with van der Waals surface area (Å²) in [6.45, 7) is 5.07. The minimum absolute atomic E-state index is 0. The second-order valence-electron chi connectivity index (χ2n) is 7.64. The predicted octanol–water partition coefficient (Wildman–Crippen LogP) is -0.735. The topological polar surface area (TPSA) is 20.2 Å². The second kappa shape index (κ2) is 8.93. The van der Waals surface area contributed by atoms with Crippen LogP contribution in [-0.4, -0.2) is 19.8 Å². The van der Waals surface area contributed by atoms with Crippen molar-refractivity contribution in [2.45, 2.75) is 29.2 Å². The van der Waals surface area contributed by atoms with Gasteiger partial charge in [0, 0.05) is 0 Å². The maximum Gasteiger partial charge on any atom is -1.00 e. The fourth-order valence-electron chi connectivity index (χ4n) is 4.33. The summed E-state index contributed by atoms with van der Waals surface area (Å²) < 4.78 is 0.534. The number of hydrogen-bond acceptors (Lipinski definition) is 1. The Labute approximate surface area is 190 Å². The van der Waals surface area contributed by atoms with E-state index >= 15 is 0 Å². The molecule has 1 nitrogen and oxygen atoms in total. The van der Waals surface area contributed by atoms with E-state index in [9.17, 15) is 5.11 Å². The molecule has 5 heteroatoms. The number of allylic oxidation sites excluding steroid dienone is 4. The zero-order valence-electron chi connectivity index (χ0n) is 15.6. The predicted molar refractivity (Wildman–Crippen MR) is 104 cm³/mol. The Bertz CT molecular complexity index is 905. The Balaban J connectivity index is 0.00000131. The normalized spacial score (nSPS) is 17.3. The molecule has 139 valence electrons. The van der Waals surface area contributed by atoms with Gasteiger partial charge in [-0.25, -0.2) is 0 Å². The van der Waals surface area contributed by atoms with Crippen molar-refractivity contribution in [1.29, 1.82) is 0 Å². The molecule has 0 saturated heterocycles. The van der Waals surface area contributed by atoms with Gasteiger partial charge in [0.15, 0.2) is 0 Å². The molecule has 2 aliphatic carbocycles. The van der Waals surface area contributed by atoms with E-state index in [1.807, 2.05) is 0 Å². The molecule has 1 atom stereocenters. The van der Waals surface area contributed by atoms with Crippen LogP contribution in [0.4, 0.5) is 0 Å². The fraction of sp³-hybridized carbons (Fsp3) is 0.273. The number of aliphatic hydroxyl groups is 1. The first-order valence-electron chi connectivity index (χ1n) is 8.99. The summed E-state index contributed by atoms with van der Waals surface area (Å²) >= 11 is 1.56. The summed E-state index contributed by atoms with van der Waals surface area (Å²) in [4.78, 5) is 0. The molecule has 0 fully saturated rings. The van der Waals surface area contributed by atoms with E-state index in [0.29, 0.717) is 10.2 Å². The molecule has 0 aromatic heterocycles. The maximum atomic E-state index is 9.53. The van der Waals surface area contributed by atoms with E-state index in [-0.39, 0.29) is 24.8 Å². The molecule has 0 amide bonds. The first-order valence-corrected chi connectivity index (χ1v) is 13.6. The first-order chi connectivity index (χ1) is 12.0. The van der Waals surface area contributed by atoms with E-state index in [1.165, 1.54) is 38.6 Å². The smallest absolute Gasteiger partial charge is 1.00 e. The number of rotatable bonds is 4. The summed E-state index contributed by atoms with van der Waals surface area (Å²) in [7, 11) is -1.60. The van der Waals surface area contributed by atoms with E-state index in [0.717, 1.165) is 12.5 Å². The zero-order chi connectivity index (χ0) is 17.6. The van der Waals surface area contributed by atoms with Gasteiger partial charge in [-0.05, 0) is 0 Å². The van der Waals surface area contributed by atoms with Crippen LogP contribution >= 0.6 is 0 Å². The van der Waals surface area contributed by atoms with Gasteiger partial charge < -0.3 is 24.8 Å². The van der Waals surface area contributed by atoms with Crippen LogP contribution < -0.4 is 24.8 Å². The SMILES string of the molecule is C[Si](C)(CCO)C1=C(c2cccc3c2[CH]([Zr+2])c2ccccc2-3)CC=C1.[Cl-].[Cl-]. The van der Waals surface area contributed by atoms with Crippen molar-refractivity contribution in [2.24, 2.45) is 0 Å². The van der Waals surface area contributed by atoms with E-state index < -0.39 is 8.07 Å². The van der Waals surface area contributed by atoms with E-state index in [4.69, 9.17) is 0 Å². The molecule has 0 aliphatic heterocycles. The molecule has 2 aromatic carbocycles. The van der Waals surface area contributed by atoms with Crippen molar-refractivity contribution < 1.29 is 54.6 Å². The van der Waals surface area contributed by atoms with Crippen LogP contribution in [0.1, 0.15) is 26.7 Å². The van der Waals surface area contributed by atoms with Crippen LogP contribution in [0.5, 0.6) is 0 Å². The third kappa shape index (κ3) is 3.87. The second-order valence-corrected chi connectivity index (χ2v) is 13.9. The van der Waals surface area contributed by atoms with E-state index in [2.05, 4.69) is 67.7 Å². The molecule has 2 aliphatic rings. The third-order valence-corrected chi connectivity index (χ3v) is 10.6. The minimum Gasteiger partial charge on any atom is -1.00 e. The van der Waals surface area contributed by atoms with Crippen LogP contribution in [0.3, 0.4) is 0 Å². The molecule has 0 saturated carbocycles. The van der Waals surface area contributed by atoms with Crippen molar-refractivity contribution >= 4 is 13.6 Å². The zero-order valence-corrected chi connectivity index (χ0v) is 20.6. The summed E-state index contributed by atoms with van der Waals surface area (Å²) in [6, 6.07) is 16.7. The van der Waals surface area contributed by atoms with Crippen molar-refractivity contribution in [3.05, 3.63) is 76.5 Å². The first kappa shape index (κ1) is 22.8. The molecule has 0 spiro atoms. The molecule has 27 heavy (non-hydrogen) atoms. The van der Waals surface area contributed by atoms with Crippen molar-refractivity contribution in [2.75, 3.05) is 6.61 Å². The number of benzene rings is 2. The summed E-state index contributed by atoms with van der Waals surface area (Å²) in [5.41, 5.74) is 8.84. The molecule has 1 N–H and O–H groups in total. The van der Waals surface area contributed by atoms with Crippen molar-refractivity contribution in [3.63, 3.8) is 0 Å². The van der Waals surface area contributed by atoms with Crippen LogP contribution in [0.25, 0.3) is 16.7 Å². The molecular formula is C22H23Cl2OSiZr. The number of halogens is 2. The Morgan fingerprint density at radius 3 is 2.41 bits per heavy atom. The van der Waals surface area contributed by atoms with Gasteiger partial charge in [0.1, 0.15) is 0 Å². The minimum atomic E-state index is -1.60. The average molecular weight is 494 g/mol. The Morgan fingerprint density at radius 2 is 1.67 bits per heavy atom. The molecule has 0 radical (unpaired) electrons. The third-order valence-electron chi connectivity index (χ3n) is 5.68. The van der Waals surface area contributed by atoms with Crippen LogP contribution in [-0.2, 0) is 24.7 Å². The molecule has 0 bridgehead atoms. The molecule has 4 rings (SSSR count). The molecule has 2 aromatic rings. The van der Waals surface area contributed by atoms with Gasteiger partial charge in [-0.15, -0.1) is 0 Å². The fourth-order valence-corrected chi connectivity index (χ4v) is 8.17. The van der Waals surface area contributed by atoms with E-state index in [1.54, 1.807) is 24.7 Å². The molecule has 1 unspecified atom stereocenters. The van der Waals surface area contributed by atoms with Crippen LogP contribution in [0, 0.1) is 0 Å². The largest absolute Gasteiger partial charge is 1.00 e. The van der Waals surface area contributed by atoms with Gasteiger partial charge in [0.05, 0.1) is 0 Å². The van der Waals surface area contributed by atoms with Gasteiger partial charge >= 0.3 is 167 Å². The monoisotopic (exact) mass is 491 g/mol. The molecular weight excluding hydrogens is 470 g/mol.